The van der Waals surface area contributed by atoms with Crippen LogP contribution in [0.2, 0.25) is 0 Å². The second-order valence-electron chi connectivity index (χ2n) is 7.78. The van der Waals surface area contributed by atoms with Crippen molar-refractivity contribution in [2.75, 3.05) is 11.9 Å². The number of hydrogen-bond acceptors (Lipinski definition) is 2. The van der Waals surface area contributed by atoms with Crippen molar-refractivity contribution in [3.8, 4) is 5.75 Å². The number of phenols is 1. The molecule has 4 bridgehead atoms. The topological polar surface area (TPSA) is 61.4 Å². The normalized spacial score (nSPS) is 35.4. The number of benzene rings is 1. The largest absolute Gasteiger partial charge is 0.508 e. The van der Waals surface area contributed by atoms with E-state index in [1.54, 1.807) is 24.3 Å². The highest BCUT2D eigenvalue weighted by atomic mass is 16.3. The summed E-state index contributed by atoms with van der Waals surface area (Å²) >= 11 is 0. The van der Waals surface area contributed by atoms with E-state index in [1.807, 2.05) is 0 Å². The molecule has 0 heterocycles. The number of urea groups is 1. The van der Waals surface area contributed by atoms with Gasteiger partial charge in [-0.1, -0.05) is 6.07 Å². The second kappa shape index (κ2) is 5.18. The summed E-state index contributed by atoms with van der Waals surface area (Å²) in [5, 5.41) is 15.3. The van der Waals surface area contributed by atoms with Gasteiger partial charge >= 0.3 is 6.03 Å². The molecule has 0 atom stereocenters. The molecule has 0 spiro atoms. The van der Waals surface area contributed by atoms with E-state index >= 15 is 0 Å². The van der Waals surface area contributed by atoms with E-state index in [2.05, 4.69) is 10.6 Å². The number of rotatable bonds is 3. The summed E-state index contributed by atoms with van der Waals surface area (Å²) in [4.78, 5) is 12.1. The Morgan fingerprint density at radius 2 is 1.77 bits per heavy atom. The number of carbonyl (C=O) groups is 1. The van der Waals surface area contributed by atoms with Crippen molar-refractivity contribution in [1.29, 1.82) is 0 Å². The summed E-state index contributed by atoms with van der Waals surface area (Å²) in [7, 11) is 0. The number of nitrogens with one attached hydrogen (secondary N) is 2. The molecule has 4 fully saturated rings. The van der Waals surface area contributed by atoms with Crippen molar-refractivity contribution in [1.82, 2.24) is 5.32 Å². The first-order valence-electron chi connectivity index (χ1n) is 8.44. The number of anilines is 1. The monoisotopic (exact) mass is 300 g/mol. The third kappa shape index (κ3) is 2.67. The van der Waals surface area contributed by atoms with Gasteiger partial charge in [0.25, 0.3) is 0 Å². The fourth-order valence-electron chi connectivity index (χ4n) is 5.53. The maximum absolute atomic E-state index is 12.1. The third-order valence-corrected chi connectivity index (χ3v) is 5.89. The van der Waals surface area contributed by atoms with E-state index in [9.17, 15) is 9.90 Å². The SMILES string of the molecule is O=C(NCC12CC3CC(CC(C3)C1)C2)Nc1cccc(O)c1. The Bertz CT molecular complexity index is 549. The Morgan fingerprint density at radius 1 is 1.14 bits per heavy atom. The fraction of sp³-hybridized carbons (Fsp3) is 0.611. The average Bonchev–Trinajstić information content (AvgIpc) is 2.44. The van der Waals surface area contributed by atoms with Crippen LogP contribution in [0.1, 0.15) is 38.5 Å². The Balaban J connectivity index is 1.35. The molecule has 0 aliphatic heterocycles. The summed E-state index contributed by atoms with van der Waals surface area (Å²) in [6.07, 6.45) is 8.17. The van der Waals surface area contributed by atoms with Crippen LogP contribution >= 0.6 is 0 Å². The maximum atomic E-state index is 12.1. The third-order valence-electron chi connectivity index (χ3n) is 5.89. The highest BCUT2D eigenvalue weighted by molar-refractivity contribution is 5.89. The summed E-state index contributed by atoms with van der Waals surface area (Å²) < 4.78 is 0. The van der Waals surface area contributed by atoms with Gasteiger partial charge in [-0.2, -0.15) is 0 Å². The van der Waals surface area contributed by atoms with Crippen LogP contribution in [0.3, 0.4) is 0 Å². The molecule has 4 aliphatic carbocycles. The van der Waals surface area contributed by atoms with Crippen molar-refractivity contribution in [2.24, 2.45) is 23.2 Å². The van der Waals surface area contributed by atoms with E-state index in [1.165, 1.54) is 38.5 Å². The molecule has 118 valence electrons. The minimum absolute atomic E-state index is 0.165. The summed E-state index contributed by atoms with van der Waals surface area (Å²) in [6.45, 7) is 0.793. The molecule has 22 heavy (non-hydrogen) atoms. The Kier molecular flexibility index (Phi) is 3.28. The van der Waals surface area contributed by atoms with Crippen LogP contribution in [0.25, 0.3) is 0 Å². The van der Waals surface area contributed by atoms with Crippen LogP contribution in [-0.4, -0.2) is 17.7 Å². The predicted molar refractivity (Wildman–Crippen MR) is 85.7 cm³/mol. The molecule has 0 aromatic heterocycles. The Morgan fingerprint density at radius 3 is 2.36 bits per heavy atom. The van der Waals surface area contributed by atoms with E-state index in [0.29, 0.717) is 11.1 Å². The number of hydrogen-bond donors (Lipinski definition) is 3. The second-order valence-corrected chi connectivity index (χ2v) is 7.78. The highest BCUT2D eigenvalue weighted by Crippen LogP contribution is 2.59. The zero-order valence-corrected chi connectivity index (χ0v) is 12.8. The lowest BCUT2D eigenvalue weighted by Gasteiger charge is -2.56. The molecule has 4 heteroatoms. The number of aromatic hydroxyl groups is 1. The predicted octanol–water partition coefficient (Wildman–Crippen LogP) is 3.73. The summed E-state index contributed by atoms with van der Waals surface area (Å²) in [5.41, 5.74) is 0.980. The molecule has 0 radical (unpaired) electrons. The quantitative estimate of drug-likeness (QED) is 0.796. The standard InChI is InChI=1S/C18H24N2O2/c21-16-3-1-2-15(7-16)20-17(22)19-11-18-8-12-4-13(9-18)6-14(5-12)10-18/h1-3,7,12-14,21H,4-6,8-11H2,(H2,19,20,22). The number of amides is 2. The van der Waals surface area contributed by atoms with Crippen molar-refractivity contribution in [3.63, 3.8) is 0 Å². The summed E-state index contributed by atoms with van der Waals surface area (Å²) in [6, 6.07) is 6.50. The van der Waals surface area contributed by atoms with Gasteiger partial charge in [-0.3, -0.25) is 0 Å². The Hall–Kier alpha value is -1.71. The van der Waals surface area contributed by atoms with Gasteiger partial charge in [0.15, 0.2) is 0 Å². The molecule has 1 aromatic carbocycles. The fourth-order valence-corrected chi connectivity index (χ4v) is 5.53. The summed E-state index contributed by atoms with van der Waals surface area (Å²) in [5.74, 6) is 2.88. The highest BCUT2D eigenvalue weighted by Gasteiger charge is 2.50. The average molecular weight is 300 g/mol. The molecule has 1 aromatic rings. The number of phenolic OH excluding ortho intramolecular Hbond substituents is 1. The smallest absolute Gasteiger partial charge is 0.319 e. The van der Waals surface area contributed by atoms with Crippen LogP contribution in [0.4, 0.5) is 10.5 Å². The van der Waals surface area contributed by atoms with E-state index < -0.39 is 0 Å². The van der Waals surface area contributed by atoms with Gasteiger partial charge in [-0.05, 0) is 73.8 Å². The van der Waals surface area contributed by atoms with Gasteiger partial charge < -0.3 is 15.7 Å². The van der Waals surface area contributed by atoms with Gasteiger partial charge in [0.2, 0.25) is 0 Å². The maximum Gasteiger partial charge on any atom is 0.319 e. The van der Waals surface area contributed by atoms with Gasteiger partial charge in [0.1, 0.15) is 5.75 Å². The van der Waals surface area contributed by atoms with E-state index in [-0.39, 0.29) is 11.8 Å². The lowest BCUT2D eigenvalue weighted by atomic mass is 9.49. The van der Waals surface area contributed by atoms with Crippen LogP contribution in [0.15, 0.2) is 24.3 Å². The minimum atomic E-state index is -0.165. The van der Waals surface area contributed by atoms with Crippen molar-refractivity contribution in [3.05, 3.63) is 24.3 Å². The van der Waals surface area contributed by atoms with Crippen LogP contribution in [0.5, 0.6) is 5.75 Å². The molecule has 2 amide bonds. The van der Waals surface area contributed by atoms with Crippen LogP contribution < -0.4 is 10.6 Å². The number of carbonyl (C=O) groups excluding carboxylic acids is 1. The van der Waals surface area contributed by atoms with Gasteiger partial charge in [-0.15, -0.1) is 0 Å². The molecule has 3 N–H and O–H groups in total. The van der Waals surface area contributed by atoms with Crippen LogP contribution in [0, 0.1) is 23.2 Å². The van der Waals surface area contributed by atoms with Gasteiger partial charge in [-0.25, -0.2) is 4.79 Å². The molecule has 5 rings (SSSR count). The first-order valence-corrected chi connectivity index (χ1v) is 8.44. The van der Waals surface area contributed by atoms with Gasteiger partial charge in [0.05, 0.1) is 0 Å². The van der Waals surface area contributed by atoms with Crippen molar-refractivity contribution in [2.45, 2.75) is 38.5 Å². The molecular weight excluding hydrogens is 276 g/mol. The molecule has 0 saturated heterocycles. The first kappa shape index (κ1) is 13.9. The van der Waals surface area contributed by atoms with Crippen molar-refractivity contribution >= 4 is 11.7 Å². The van der Waals surface area contributed by atoms with Gasteiger partial charge in [0, 0.05) is 18.3 Å². The van der Waals surface area contributed by atoms with E-state index in [4.69, 9.17) is 0 Å². The first-order chi connectivity index (χ1) is 10.6. The van der Waals surface area contributed by atoms with Crippen molar-refractivity contribution < 1.29 is 9.90 Å². The zero-order chi connectivity index (χ0) is 15.2. The lowest BCUT2D eigenvalue weighted by Crippen LogP contribution is -2.51. The molecular formula is C18H24N2O2. The molecule has 4 nitrogen and oxygen atoms in total. The zero-order valence-electron chi connectivity index (χ0n) is 12.8. The molecule has 4 aliphatic rings. The minimum Gasteiger partial charge on any atom is -0.508 e. The Labute approximate surface area is 131 Å². The van der Waals surface area contributed by atoms with E-state index in [0.717, 1.165) is 24.3 Å². The molecule has 0 unspecified atom stereocenters. The molecule has 4 saturated carbocycles. The van der Waals surface area contributed by atoms with Crippen LogP contribution in [-0.2, 0) is 0 Å². The lowest BCUT2D eigenvalue weighted by molar-refractivity contribution is -0.0496.